The van der Waals surface area contributed by atoms with E-state index in [2.05, 4.69) is 0 Å². The highest BCUT2D eigenvalue weighted by atomic mass is 19.2. The number of hydrogen-bond acceptors (Lipinski definition) is 6. The van der Waals surface area contributed by atoms with E-state index in [1.807, 2.05) is 0 Å². The number of nitrogens with zero attached hydrogens (tertiary/aromatic N) is 2. The first-order valence-electron chi connectivity index (χ1n) is 5.81. The van der Waals surface area contributed by atoms with E-state index in [1.165, 1.54) is 6.07 Å². The predicted octanol–water partition coefficient (Wildman–Crippen LogP) is 3.30. The average Bonchev–Trinajstić information content (AvgIpc) is 2.56. The van der Waals surface area contributed by atoms with Gasteiger partial charge in [-0.25, -0.2) is 13.2 Å². The van der Waals surface area contributed by atoms with Crippen molar-refractivity contribution in [1.29, 1.82) is 0 Å². The summed E-state index contributed by atoms with van der Waals surface area (Å²) in [6.45, 7) is 0. The molecular formula is C12H5F5N2O6. The van der Waals surface area contributed by atoms with Crippen LogP contribution in [0.15, 0.2) is 18.2 Å². The summed E-state index contributed by atoms with van der Waals surface area (Å²) in [7, 11) is 0. The molecule has 0 fully saturated rings. The second kappa shape index (κ2) is 7.37. The lowest BCUT2D eigenvalue weighted by Gasteiger charge is -2.00. The van der Waals surface area contributed by atoms with Crippen molar-refractivity contribution in [2.45, 2.75) is 0 Å². The van der Waals surface area contributed by atoms with Gasteiger partial charge < -0.3 is 10.2 Å². The van der Waals surface area contributed by atoms with Crippen LogP contribution in [0.4, 0.5) is 33.3 Å². The molecule has 0 aliphatic heterocycles. The number of phenolic OH excluding ortho intramolecular Hbond substituents is 2. The smallest absolute Gasteiger partial charge is 0.387 e. The molecule has 0 aliphatic rings. The lowest BCUT2D eigenvalue weighted by Crippen LogP contribution is -2.00. The topological polar surface area (TPSA) is 127 Å². The third kappa shape index (κ3) is 3.88. The van der Waals surface area contributed by atoms with Crippen LogP contribution in [0.5, 0.6) is 11.5 Å². The van der Waals surface area contributed by atoms with Crippen LogP contribution in [0.3, 0.4) is 0 Å². The summed E-state index contributed by atoms with van der Waals surface area (Å²) in [4.78, 5) is 18.6. The van der Waals surface area contributed by atoms with Gasteiger partial charge in [0.1, 0.15) is 0 Å². The van der Waals surface area contributed by atoms with Crippen LogP contribution in [-0.4, -0.2) is 20.1 Å². The molecule has 134 valence electrons. The molecule has 2 aromatic rings. The average molecular weight is 368 g/mol. The number of para-hydroxylation sites is 1. The van der Waals surface area contributed by atoms with Gasteiger partial charge in [-0.15, -0.1) is 0 Å². The first kappa shape index (κ1) is 19.5. The molecule has 0 heterocycles. The van der Waals surface area contributed by atoms with Crippen molar-refractivity contribution in [3.63, 3.8) is 0 Å². The number of benzene rings is 2. The minimum absolute atomic E-state index is 0.709. The maximum absolute atomic E-state index is 12.2. The van der Waals surface area contributed by atoms with E-state index in [-0.39, 0.29) is 0 Å². The zero-order chi connectivity index (χ0) is 19.5. The van der Waals surface area contributed by atoms with Gasteiger partial charge in [-0.1, -0.05) is 6.07 Å². The van der Waals surface area contributed by atoms with E-state index in [1.54, 1.807) is 0 Å². The maximum atomic E-state index is 12.2. The van der Waals surface area contributed by atoms with Crippen molar-refractivity contribution in [3.05, 3.63) is 67.5 Å². The molecule has 0 bridgehead atoms. The van der Waals surface area contributed by atoms with Crippen LogP contribution in [-0.2, 0) is 0 Å². The fourth-order valence-electron chi connectivity index (χ4n) is 1.45. The maximum Gasteiger partial charge on any atom is 0.387 e. The largest absolute Gasteiger partial charge is 0.503 e. The molecule has 2 N–H and O–H groups in total. The van der Waals surface area contributed by atoms with Gasteiger partial charge in [-0.05, 0) is 6.07 Å². The van der Waals surface area contributed by atoms with Crippen LogP contribution < -0.4 is 0 Å². The third-order valence-corrected chi connectivity index (χ3v) is 2.56. The summed E-state index contributed by atoms with van der Waals surface area (Å²) < 4.78 is 60.6. The Bertz CT molecular complexity index is 755. The van der Waals surface area contributed by atoms with Crippen molar-refractivity contribution in [2.75, 3.05) is 0 Å². The second-order valence-electron chi connectivity index (χ2n) is 4.08. The normalized spacial score (nSPS) is 9.96. The number of hydrogen-bond donors (Lipinski definition) is 2. The minimum Gasteiger partial charge on any atom is -0.503 e. The number of phenols is 2. The number of nitro benzene ring substituents is 2. The third-order valence-electron chi connectivity index (χ3n) is 2.56. The molecule has 8 nitrogen and oxygen atoms in total. The fraction of sp³-hybridized carbons (Fsp3) is 0. The Balaban J connectivity index is 0.000000251. The highest BCUT2D eigenvalue weighted by Gasteiger charge is 2.27. The second-order valence-corrected chi connectivity index (χ2v) is 4.08. The molecule has 0 aromatic heterocycles. The summed E-state index contributed by atoms with van der Waals surface area (Å²) in [6, 6.07) is 3.14. The van der Waals surface area contributed by atoms with E-state index in [0.717, 1.165) is 12.1 Å². The summed E-state index contributed by atoms with van der Waals surface area (Å²) in [5.41, 5.74) is -1.60. The van der Waals surface area contributed by atoms with E-state index >= 15 is 0 Å². The standard InChI is InChI=1S/C6HF5O.C6H4N2O5/c7-1-2(8)4(10)6(12)5(11)3(1)9;9-5-3-1-2-4(7(10)11)6(5)8(12)13/h12H;1-3,9H. The lowest BCUT2D eigenvalue weighted by molar-refractivity contribution is -0.423. The van der Waals surface area contributed by atoms with Crippen LogP contribution in [0, 0.1) is 49.3 Å². The van der Waals surface area contributed by atoms with Crippen LogP contribution in [0.2, 0.25) is 0 Å². The van der Waals surface area contributed by atoms with E-state index in [4.69, 9.17) is 10.2 Å². The van der Waals surface area contributed by atoms with Crippen LogP contribution in [0.25, 0.3) is 0 Å². The molecule has 0 spiro atoms. The molecule has 0 amide bonds. The van der Waals surface area contributed by atoms with Crippen molar-refractivity contribution in [2.24, 2.45) is 0 Å². The van der Waals surface area contributed by atoms with Crippen LogP contribution in [0.1, 0.15) is 0 Å². The molecular weight excluding hydrogens is 363 g/mol. The fourth-order valence-corrected chi connectivity index (χ4v) is 1.45. The number of halogens is 5. The molecule has 0 radical (unpaired) electrons. The molecule has 13 heteroatoms. The first-order chi connectivity index (χ1) is 11.5. The number of nitro groups is 2. The first-order valence-corrected chi connectivity index (χ1v) is 5.81. The van der Waals surface area contributed by atoms with Gasteiger partial charge in [0.15, 0.2) is 5.75 Å². The Morgan fingerprint density at radius 1 is 0.760 bits per heavy atom. The van der Waals surface area contributed by atoms with Crippen molar-refractivity contribution < 1.29 is 42.0 Å². The highest BCUT2D eigenvalue weighted by Crippen LogP contribution is 2.34. The van der Waals surface area contributed by atoms with E-state index < -0.39 is 61.8 Å². The zero-order valence-corrected chi connectivity index (χ0v) is 11.5. The predicted molar refractivity (Wildman–Crippen MR) is 69.3 cm³/mol. The Morgan fingerprint density at radius 3 is 1.56 bits per heavy atom. The summed E-state index contributed by atoms with van der Waals surface area (Å²) >= 11 is 0. The molecule has 0 aliphatic carbocycles. The number of aromatic hydroxyl groups is 2. The quantitative estimate of drug-likeness (QED) is 0.275. The molecule has 0 saturated heterocycles. The van der Waals surface area contributed by atoms with Crippen molar-refractivity contribution in [3.8, 4) is 11.5 Å². The minimum atomic E-state index is -2.29. The SMILES string of the molecule is O=[N+]([O-])c1cccc(O)c1[N+](=O)[O-].Oc1c(F)c(F)c(F)c(F)c1F. The Morgan fingerprint density at radius 2 is 1.20 bits per heavy atom. The van der Waals surface area contributed by atoms with Crippen molar-refractivity contribution >= 4 is 11.4 Å². The van der Waals surface area contributed by atoms with Gasteiger partial charge in [-0.3, -0.25) is 20.2 Å². The Hall–Kier alpha value is -3.51. The molecule has 0 saturated carbocycles. The van der Waals surface area contributed by atoms with Gasteiger partial charge in [0.05, 0.1) is 9.85 Å². The summed E-state index contributed by atoms with van der Waals surface area (Å²) in [6.07, 6.45) is 0. The van der Waals surface area contributed by atoms with E-state index in [0.29, 0.717) is 0 Å². The van der Waals surface area contributed by atoms with Gasteiger partial charge >= 0.3 is 11.4 Å². The molecule has 25 heavy (non-hydrogen) atoms. The lowest BCUT2D eigenvalue weighted by atomic mass is 10.2. The Labute approximate surface area is 133 Å². The Kier molecular flexibility index (Phi) is 5.76. The van der Waals surface area contributed by atoms with Gasteiger partial charge in [0.2, 0.25) is 34.8 Å². The molecule has 0 unspecified atom stereocenters. The molecule has 0 atom stereocenters. The zero-order valence-electron chi connectivity index (χ0n) is 11.5. The van der Waals surface area contributed by atoms with Gasteiger partial charge in [-0.2, -0.15) is 8.78 Å². The number of rotatable bonds is 2. The van der Waals surface area contributed by atoms with Crippen LogP contribution >= 0.6 is 0 Å². The van der Waals surface area contributed by atoms with Gasteiger partial charge in [0.25, 0.3) is 0 Å². The van der Waals surface area contributed by atoms with Crippen molar-refractivity contribution in [1.82, 2.24) is 0 Å². The monoisotopic (exact) mass is 368 g/mol. The van der Waals surface area contributed by atoms with E-state index in [9.17, 15) is 42.2 Å². The highest BCUT2D eigenvalue weighted by molar-refractivity contribution is 5.60. The summed E-state index contributed by atoms with van der Waals surface area (Å²) in [5.74, 6) is -13.6. The molecule has 2 rings (SSSR count). The van der Waals surface area contributed by atoms with Gasteiger partial charge in [0, 0.05) is 6.07 Å². The molecule has 2 aromatic carbocycles. The summed E-state index contributed by atoms with van der Waals surface area (Å²) in [5, 5.41) is 37.8.